The Labute approximate surface area is 89.1 Å². The van der Waals surface area contributed by atoms with Gasteiger partial charge in [0.05, 0.1) is 6.61 Å². The van der Waals surface area contributed by atoms with Gasteiger partial charge in [-0.25, -0.2) is 4.79 Å². The fraction of sp³-hybridized carbons (Fsp3) is 0.600. The SMILES string of the molecule is C=CCC(C)(C)COC(=O)NCC(=O)O. The summed E-state index contributed by atoms with van der Waals surface area (Å²) in [6, 6.07) is 0. The van der Waals surface area contributed by atoms with Crippen LogP contribution in [0, 0.1) is 5.41 Å². The number of rotatable bonds is 6. The van der Waals surface area contributed by atoms with Gasteiger partial charge in [-0.05, 0) is 6.42 Å². The van der Waals surface area contributed by atoms with Gasteiger partial charge in [0.1, 0.15) is 6.54 Å². The summed E-state index contributed by atoms with van der Waals surface area (Å²) in [5.41, 5.74) is -0.178. The van der Waals surface area contributed by atoms with Crippen LogP contribution in [0.2, 0.25) is 0 Å². The van der Waals surface area contributed by atoms with Crippen LogP contribution in [-0.2, 0) is 9.53 Å². The summed E-state index contributed by atoms with van der Waals surface area (Å²) in [5.74, 6) is -1.10. The molecule has 5 nitrogen and oxygen atoms in total. The van der Waals surface area contributed by atoms with Gasteiger partial charge in [0.25, 0.3) is 0 Å². The van der Waals surface area contributed by atoms with Crippen LogP contribution in [0.25, 0.3) is 0 Å². The highest BCUT2D eigenvalue weighted by molar-refractivity contribution is 5.76. The average Bonchev–Trinajstić information content (AvgIpc) is 2.11. The van der Waals surface area contributed by atoms with Crippen LogP contribution >= 0.6 is 0 Å². The van der Waals surface area contributed by atoms with Crippen LogP contribution in [-0.4, -0.2) is 30.3 Å². The van der Waals surface area contributed by atoms with E-state index in [0.29, 0.717) is 0 Å². The molecule has 0 rings (SSSR count). The maximum absolute atomic E-state index is 11.0. The quantitative estimate of drug-likeness (QED) is 0.657. The zero-order valence-corrected chi connectivity index (χ0v) is 9.08. The second-order valence-corrected chi connectivity index (χ2v) is 3.98. The average molecular weight is 215 g/mol. The predicted octanol–water partition coefficient (Wildman–Crippen LogP) is 1.40. The maximum atomic E-state index is 11.0. The fourth-order valence-electron chi connectivity index (χ4n) is 0.909. The lowest BCUT2D eigenvalue weighted by molar-refractivity contribution is -0.135. The molecule has 0 aromatic heterocycles. The summed E-state index contributed by atoms with van der Waals surface area (Å²) >= 11 is 0. The molecular formula is C10H17NO4. The lowest BCUT2D eigenvalue weighted by Crippen LogP contribution is -2.32. The Morgan fingerprint density at radius 1 is 1.53 bits per heavy atom. The molecule has 0 aromatic carbocycles. The minimum Gasteiger partial charge on any atom is -0.480 e. The molecule has 0 radical (unpaired) electrons. The molecule has 0 bridgehead atoms. The van der Waals surface area contributed by atoms with Gasteiger partial charge < -0.3 is 15.2 Å². The van der Waals surface area contributed by atoms with E-state index in [9.17, 15) is 9.59 Å². The molecule has 1 amide bonds. The molecule has 0 aliphatic carbocycles. The first-order chi connectivity index (χ1) is 6.87. The van der Waals surface area contributed by atoms with E-state index in [1.807, 2.05) is 13.8 Å². The minimum atomic E-state index is -1.10. The Hall–Kier alpha value is -1.52. The van der Waals surface area contributed by atoms with E-state index in [-0.39, 0.29) is 12.0 Å². The van der Waals surface area contributed by atoms with E-state index in [0.717, 1.165) is 6.42 Å². The van der Waals surface area contributed by atoms with E-state index < -0.39 is 18.6 Å². The van der Waals surface area contributed by atoms with Crippen LogP contribution in [0.4, 0.5) is 4.79 Å². The van der Waals surface area contributed by atoms with Gasteiger partial charge in [0.2, 0.25) is 0 Å². The van der Waals surface area contributed by atoms with Crippen LogP contribution in [0.3, 0.4) is 0 Å². The highest BCUT2D eigenvalue weighted by Gasteiger charge is 2.18. The number of carbonyl (C=O) groups excluding carboxylic acids is 1. The van der Waals surface area contributed by atoms with Gasteiger partial charge in [-0.3, -0.25) is 4.79 Å². The molecule has 0 unspecified atom stereocenters. The molecule has 0 saturated heterocycles. The van der Waals surface area contributed by atoms with Crippen molar-refractivity contribution < 1.29 is 19.4 Å². The second-order valence-electron chi connectivity index (χ2n) is 3.98. The predicted molar refractivity (Wildman–Crippen MR) is 55.6 cm³/mol. The van der Waals surface area contributed by atoms with Crippen LogP contribution < -0.4 is 5.32 Å². The lowest BCUT2D eigenvalue weighted by atomic mass is 9.91. The van der Waals surface area contributed by atoms with E-state index in [1.54, 1.807) is 6.08 Å². The van der Waals surface area contributed by atoms with Crippen LogP contribution in [0.5, 0.6) is 0 Å². The number of ether oxygens (including phenoxy) is 1. The van der Waals surface area contributed by atoms with Gasteiger partial charge >= 0.3 is 12.1 Å². The summed E-state index contributed by atoms with van der Waals surface area (Å²) in [6.07, 6.45) is 1.76. The summed E-state index contributed by atoms with van der Waals surface area (Å²) in [4.78, 5) is 21.1. The zero-order valence-electron chi connectivity index (χ0n) is 9.08. The number of aliphatic carboxylic acids is 1. The van der Waals surface area contributed by atoms with Crippen LogP contribution in [0.1, 0.15) is 20.3 Å². The van der Waals surface area contributed by atoms with Crippen molar-refractivity contribution in [3.8, 4) is 0 Å². The molecule has 0 aliphatic heterocycles. The third kappa shape index (κ3) is 7.54. The first-order valence-corrected chi connectivity index (χ1v) is 4.61. The third-order valence-corrected chi connectivity index (χ3v) is 1.67. The van der Waals surface area contributed by atoms with Crippen molar-refractivity contribution in [3.63, 3.8) is 0 Å². The monoisotopic (exact) mass is 215 g/mol. The van der Waals surface area contributed by atoms with E-state index in [2.05, 4.69) is 11.9 Å². The fourth-order valence-corrected chi connectivity index (χ4v) is 0.909. The van der Waals surface area contributed by atoms with Gasteiger partial charge in [0.15, 0.2) is 0 Å². The Balaban J connectivity index is 3.79. The minimum absolute atomic E-state index is 0.178. The molecule has 0 atom stereocenters. The van der Waals surface area contributed by atoms with Crippen molar-refractivity contribution in [2.24, 2.45) is 5.41 Å². The van der Waals surface area contributed by atoms with E-state index in [4.69, 9.17) is 9.84 Å². The molecule has 5 heteroatoms. The molecule has 15 heavy (non-hydrogen) atoms. The molecule has 86 valence electrons. The van der Waals surface area contributed by atoms with Gasteiger partial charge in [0, 0.05) is 5.41 Å². The van der Waals surface area contributed by atoms with Crippen LogP contribution in [0.15, 0.2) is 12.7 Å². The maximum Gasteiger partial charge on any atom is 0.407 e. The summed E-state index contributed by atoms with van der Waals surface area (Å²) < 4.78 is 4.85. The standard InChI is InChI=1S/C10H17NO4/c1-4-5-10(2,3)7-15-9(14)11-6-8(12)13/h4H,1,5-7H2,2-3H3,(H,11,14)(H,12,13). The highest BCUT2D eigenvalue weighted by atomic mass is 16.5. The van der Waals surface area contributed by atoms with Crippen molar-refractivity contribution in [1.82, 2.24) is 5.32 Å². The first kappa shape index (κ1) is 13.5. The van der Waals surface area contributed by atoms with Gasteiger partial charge in [-0.2, -0.15) is 0 Å². The Morgan fingerprint density at radius 3 is 2.60 bits per heavy atom. The second kappa shape index (κ2) is 6.06. The Kier molecular flexibility index (Phi) is 5.44. The van der Waals surface area contributed by atoms with Gasteiger partial charge in [-0.1, -0.05) is 19.9 Å². The molecule has 0 saturated carbocycles. The molecule has 0 aliphatic rings. The van der Waals surface area contributed by atoms with Crippen molar-refractivity contribution in [2.45, 2.75) is 20.3 Å². The number of hydrogen-bond donors (Lipinski definition) is 2. The largest absolute Gasteiger partial charge is 0.480 e. The third-order valence-electron chi connectivity index (χ3n) is 1.67. The molecule has 0 heterocycles. The van der Waals surface area contributed by atoms with Crippen molar-refractivity contribution in [3.05, 3.63) is 12.7 Å². The normalized spacial score (nSPS) is 10.5. The summed E-state index contributed by atoms with van der Waals surface area (Å²) in [6.45, 7) is 7.25. The van der Waals surface area contributed by atoms with Crippen molar-refractivity contribution in [1.29, 1.82) is 0 Å². The smallest absolute Gasteiger partial charge is 0.407 e. The number of alkyl carbamates (subject to hydrolysis) is 1. The number of carbonyl (C=O) groups is 2. The van der Waals surface area contributed by atoms with Gasteiger partial charge in [-0.15, -0.1) is 6.58 Å². The van der Waals surface area contributed by atoms with Crippen molar-refractivity contribution in [2.75, 3.05) is 13.2 Å². The van der Waals surface area contributed by atoms with E-state index in [1.165, 1.54) is 0 Å². The number of carboxylic acids is 1. The summed E-state index contributed by atoms with van der Waals surface area (Å²) in [7, 11) is 0. The van der Waals surface area contributed by atoms with E-state index >= 15 is 0 Å². The number of allylic oxidation sites excluding steroid dienone is 1. The summed E-state index contributed by atoms with van der Waals surface area (Å²) in [5, 5.41) is 10.4. The van der Waals surface area contributed by atoms with Crippen molar-refractivity contribution >= 4 is 12.1 Å². The molecular weight excluding hydrogens is 198 g/mol. The number of nitrogens with one attached hydrogen (secondary N) is 1. The highest BCUT2D eigenvalue weighted by Crippen LogP contribution is 2.20. The molecule has 2 N–H and O–H groups in total. The Morgan fingerprint density at radius 2 is 2.13 bits per heavy atom. The first-order valence-electron chi connectivity index (χ1n) is 4.61. The number of carboxylic acid groups (broad SMARTS) is 1. The number of hydrogen-bond acceptors (Lipinski definition) is 3. The number of amides is 1. The topological polar surface area (TPSA) is 75.6 Å². The molecule has 0 spiro atoms. The molecule has 0 aromatic rings. The molecule has 0 fully saturated rings. The lowest BCUT2D eigenvalue weighted by Gasteiger charge is -2.22. The zero-order chi connectivity index (χ0) is 11.9. The Bertz CT molecular complexity index is 248.